The first-order valence-electron chi connectivity index (χ1n) is 9.35. The first-order chi connectivity index (χ1) is 13.4. The van der Waals surface area contributed by atoms with Gasteiger partial charge in [-0.2, -0.15) is 0 Å². The Kier molecular flexibility index (Phi) is 5.70. The number of carbonyl (C=O) groups excluding carboxylic acids is 1. The summed E-state index contributed by atoms with van der Waals surface area (Å²) in [6.45, 7) is 4.28. The zero-order chi connectivity index (χ0) is 20.3. The summed E-state index contributed by atoms with van der Waals surface area (Å²) in [5, 5.41) is 0. The van der Waals surface area contributed by atoms with Crippen LogP contribution in [0, 0.1) is 11.8 Å². The summed E-state index contributed by atoms with van der Waals surface area (Å²) in [5.41, 5.74) is 6.47. The number of esters is 1. The molecule has 0 heterocycles. The largest absolute Gasteiger partial charge is 0.465 e. The van der Waals surface area contributed by atoms with Gasteiger partial charge in [-0.25, -0.2) is 4.79 Å². The number of ether oxygens (including phenoxy) is 1. The van der Waals surface area contributed by atoms with Crippen LogP contribution in [-0.2, 0) is 4.74 Å². The van der Waals surface area contributed by atoms with Gasteiger partial charge in [0.05, 0.1) is 12.7 Å². The van der Waals surface area contributed by atoms with E-state index in [0.29, 0.717) is 11.5 Å². The van der Waals surface area contributed by atoms with Crippen LogP contribution in [0.2, 0.25) is 0 Å². The number of rotatable bonds is 3. The number of nitrogens with zero attached hydrogens (tertiary/aromatic N) is 1. The van der Waals surface area contributed by atoms with Crippen LogP contribution < -0.4 is 4.90 Å². The van der Waals surface area contributed by atoms with Crippen LogP contribution in [0.1, 0.15) is 46.8 Å². The molecule has 0 bridgehead atoms. The number of anilines is 1. The van der Waals surface area contributed by atoms with E-state index in [4.69, 9.17) is 4.74 Å². The van der Waals surface area contributed by atoms with Crippen LogP contribution in [0.5, 0.6) is 0 Å². The second-order valence-corrected chi connectivity index (χ2v) is 7.31. The molecular formula is C25H25NO2. The standard InChI is InChI=1S/C25H25NO2/c1-17(2)19-7-6-8-22-20(16-24(23(22)15-19)25(27)28-5)12-9-18-10-13-21(14-11-18)26(3)4/h6-8,10-11,13-17H,1-5H3. The second kappa shape index (κ2) is 8.19. The highest BCUT2D eigenvalue weighted by atomic mass is 16.5. The Morgan fingerprint density at radius 2 is 1.68 bits per heavy atom. The quantitative estimate of drug-likeness (QED) is 0.470. The Morgan fingerprint density at radius 3 is 2.29 bits per heavy atom. The Balaban J connectivity index is 2.07. The van der Waals surface area contributed by atoms with Crippen LogP contribution in [0.15, 0.2) is 54.6 Å². The summed E-state index contributed by atoms with van der Waals surface area (Å²) in [5.74, 6) is 6.48. The van der Waals surface area contributed by atoms with E-state index in [1.165, 1.54) is 12.7 Å². The number of fused-ring (bicyclic) bond motifs is 1. The summed E-state index contributed by atoms with van der Waals surface area (Å²) in [6, 6.07) is 18.1. The number of hydrogen-bond donors (Lipinski definition) is 0. The molecule has 0 atom stereocenters. The third-order valence-electron chi connectivity index (χ3n) is 4.82. The molecule has 1 aromatic carbocycles. The van der Waals surface area contributed by atoms with Crippen molar-refractivity contribution in [1.82, 2.24) is 0 Å². The maximum absolute atomic E-state index is 12.3. The van der Waals surface area contributed by atoms with Gasteiger partial charge in [0.25, 0.3) is 0 Å². The van der Waals surface area contributed by atoms with Crippen molar-refractivity contribution >= 4 is 11.7 Å². The van der Waals surface area contributed by atoms with Crippen LogP contribution in [0.4, 0.5) is 5.69 Å². The average Bonchev–Trinajstić information content (AvgIpc) is 2.87. The molecule has 142 valence electrons. The Morgan fingerprint density at radius 1 is 0.964 bits per heavy atom. The molecule has 0 fully saturated rings. The molecule has 0 spiro atoms. The predicted molar refractivity (Wildman–Crippen MR) is 115 cm³/mol. The van der Waals surface area contributed by atoms with E-state index in [0.717, 1.165) is 27.9 Å². The molecule has 3 rings (SSSR count). The minimum atomic E-state index is -0.339. The fourth-order valence-electron chi connectivity index (χ4n) is 3.12. The van der Waals surface area contributed by atoms with E-state index in [1.54, 1.807) is 0 Å². The molecule has 3 heteroatoms. The van der Waals surface area contributed by atoms with Crippen molar-refractivity contribution in [2.75, 3.05) is 26.1 Å². The molecular weight excluding hydrogens is 346 g/mol. The Bertz CT molecular complexity index is 1020. The third-order valence-corrected chi connectivity index (χ3v) is 4.82. The van der Waals surface area contributed by atoms with Crippen molar-refractivity contribution in [1.29, 1.82) is 0 Å². The van der Waals surface area contributed by atoms with E-state index in [9.17, 15) is 4.79 Å². The van der Waals surface area contributed by atoms with Gasteiger partial charge in [-0.1, -0.05) is 43.9 Å². The first kappa shape index (κ1) is 19.5. The minimum Gasteiger partial charge on any atom is -0.465 e. The van der Waals surface area contributed by atoms with Crippen LogP contribution in [0.3, 0.4) is 0 Å². The summed E-state index contributed by atoms with van der Waals surface area (Å²) >= 11 is 0. The smallest absolute Gasteiger partial charge is 0.338 e. The lowest BCUT2D eigenvalue weighted by Crippen LogP contribution is -2.07. The van der Waals surface area contributed by atoms with Crippen molar-refractivity contribution in [3.63, 3.8) is 0 Å². The van der Waals surface area contributed by atoms with Crippen molar-refractivity contribution in [3.05, 3.63) is 76.9 Å². The summed E-state index contributed by atoms with van der Waals surface area (Å²) in [7, 11) is 5.43. The van der Waals surface area contributed by atoms with E-state index in [1.807, 2.05) is 56.6 Å². The van der Waals surface area contributed by atoms with E-state index in [-0.39, 0.29) is 5.97 Å². The average molecular weight is 371 g/mol. The van der Waals surface area contributed by atoms with Gasteiger partial charge in [0.2, 0.25) is 0 Å². The lowest BCUT2D eigenvalue weighted by atomic mass is 10.0. The van der Waals surface area contributed by atoms with Crippen LogP contribution >= 0.6 is 0 Å². The Hall–Kier alpha value is -3.25. The van der Waals surface area contributed by atoms with Gasteiger partial charge in [0.1, 0.15) is 0 Å². The van der Waals surface area contributed by atoms with Crippen molar-refractivity contribution < 1.29 is 9.53 Å². The zero-order valence-corrected chi connectivity index (χ0v) is 17.0. The SMILES string of the molecule is COC(=O)c1cc(C#Cc2ccc(N(C)C)cc2)c2cccc(C(C)C)cc1-2. The highest BCUT2D eigenvalue weighted by molar-refractivity contribution is 6.01. The fraction of sp³-hybridized carbons (Fsp3) is 0.240. The van der Waals surface area contributed by atoms with Gasteiger partial charge in [0.15, 0.2) is 0 Å². The predicted octanol–water partition coefficient (Wildman–Crippen LogP) is 5.17. The lowest BCUT2D eigenvalue weighted by molar-refractivity contribution is 0.0602. The molecule has 1 aromatic rings. The van der Waals surface area contributed by atoms with Gasteiger partial charge in [0, 0.05) is 30.9 Å². The minimum absolute atomic E-state index is 0.339. The summed E-state index contributed by atoms with van der Waals surface area (Å²) in [4.78, 5) is 14.4. The van der Waals surface area contributed by atoms with Crippen molar-refractivity contribution in [3.8, 4) is 23.0 Å². The number of carbonyl (C=O) groups is 1. The van der Waals surface area contributed by atoms with Crippen LogP contribution in [-0.4, -0.2) is 27.2 Å². The molecule has 0 unspecified atom stereocenters. The van der Waals surface area contributed by atoms with Crippen molar-refractivity contribution in [2.24, 2.45) is 0 Å². The van der Waals surface area contributed by atoms with Crippen molar-refractivity contribution in [2.45, 2.75) is 19.8 Å². The lowest BCUT2D eigenvalue weighted by Gasteiger charge is -2.11. The monoisotopic (exact) mass is 371 g/mol. The molecule has 3 nitrogen and oxygen atoms in total. The molecule has 0 saturated heterocycles. The van der Waals surface area contributed by atoms with E-state index < -0.39 is 0 Å². The molecule has 0 aliphatic heterocycles. The molecule has 0 aromatic heterocycles. The van der Waals surface area contributed by atoms with Gasteiger partial charge in [-0.15, -0.1) is 0 Å². The number of methoxy groups -OCH3 is 1. The molecule has 0 N–H and O–H groups in total. The molecule has 2 aliphatic carbocycles. The van der Waals surface area contributed by atoms with Crippen LogP contribution in [0.25, 0.3) is 11.1 Å². The fourth-order valence-corrected chi connectivity index (χ4v) is 3.12. The van der Waals surface area contributed by atoms with Gasteiger partial charge >= 0.3 is 5.97 Å². The molecule has 0 radical (unpaired) electrons. The number of benzene rings is 1. The maximum Gasteiger partial charge on any atom is 0.338 e. The summed E-state index contributed by atoms with van der Waals surface area (Å²) < 4.78 is 5.00. The van der Waals surface area contributed by atoms with Gasteiger partial charge in [-0.05, 0) is 59.0 Å². The first-order valence-corrected chi connectivity index (χ1v) is 9.35. The normalized spacial score (nSPS) is 10.5. The molecule has 0 saturated carbocycles. The topological polar surface area (TPSA) is 29.5 Å². The van der Waals surface area contributed by atoms with Gasteiger partial charge < -0.3 is 9.64 Å². The molecule has 0 amide bonds. The van der Waals surface area contributed by atoms with Gasteiger partial charge in [-0.3, -0.25) is 0 Å². The highest BCUT2D eigenvalue weighted by Gasteiger charge is 2.20. The Labute approximate surface area is 167 Å². The third kappa shape index (κ3) is 4.02. The molecule has 2 aliphatic rings. The van der Waals surface area contributed by atoms with E-state index >= 15 is 0 Å². The summed E-state index contributed by atoms with van der Waals surface area (Å²) in [6.07, 6.45) is 0. The van der Waals surface area contributed by atoms with E-state index in [2.05, 4.69) is 42.7 Å². The molecule has 28 heavy (non-hydrogen) atoms. The second-order valence-electron chi connectivity index (χ2n) is 7.31. The zero-order valence-electron chi connectivity index (χ0n) is 17.0. The maximum atomic E-state index is 12.3. The highest BCUT2D eigenvalue weighted by Crippen LogP contribution is 2.34. The number of hydrogen-bond acceptors (Lipinski definition) is 3.